The van der Waals surface area contributed by atoms with E-state index in [1.165, 1.54) is 18.4 Å². The van der Waals surface area contributed by atoms with E-state index in [0.717, 1.165) is 12.8 Å². The van der Waals surface area contributed by atoms with Crippen molar-refractivity contribution in [2.75, 3.05) is 18.4 Å². The second-order valence-electron chi connectivity index (χ2n) is 7.11. The molecule has 0 bridgehead atoms. The number of carboxylic acids is 1. The van der Waals surface area contributed by atoms with E-state index in [0.29, 0.717) is 31.2 Å². The minimum absolute atomic E-state index is 0.0801. The van der Waals surface area contributed by atoms with Crippen LogP contribution in [0.3, 0.4) is 0 Å². The summed E-state index contributed by atoms with van der Waals surface area (Å²) in [4.78, 5) is 30.0. The summed E-state index contributed by atoms with van der Waals surface area (Å²) in [6.07, 6.45) is 6.63. The number of carbonyl (C=O) groups is 2. The molecule has 2 saturated carbocycles. The molecule has 0 unspecified atom stereocenters. The van der Waals surface area contributed by atoms with Gasteiger partial charge in [-0.15, -0.1) is 0 Å². The van der Waals surface area contributed by atoms with Crippen LogP contribution < -0.4 is 5.32 Å². The topological polar surface area (TPSA) is 82.5 Å². The first-order valence-corrected chi connectivity index (χ1v) is 8.34. The predicted octanol–water partition coefficient (Wildman–Crippen LogP) is 2.68. The van der Waals surface area contributed by atoms with E-state index in [4.69, 9.17) is 0 Å². The zero-order valence-corrected chi connectivity index (χ0v) is 13.0. The highest BCUT2D eigenvalue weighted by atomic mass is 16.4. The van der Waals surface area contributed by atoms with Crippen LogP contribution in [-0.2, 0) is 4.79 Å². The van der Waals surface area contributed by atoms with Crippen molar-refractivity contribution in [2.45, 2.75) is 38.0 Å². The number of hydrogen-bond donors (Lipinski definition) is 2. The number of nitrogens with zero attached hydrogens (tertiary/aromatic N) is 2. The number of likely N-dealkylation sites (tertiary alicyclic amines) is 1. The van der Waals surface area contributed by atoms with Crippen molar-refractivity contribution in [1.29, 1.82) is 0 Å². The van der Waals surface area contributed by atoms with Crippen molar-refractivity contribution in [3.8, 4) is 0 Å². The van der Waals surface area contributed by atoms with Gasteiger partial charge in [-0.05, 0) is 55.2 Å². The Hall–Kier alpha value is -2.11. The van der Waals surface area contributed by atoms with E-state index in [2.05, 4.69) is 10.3 Å². The Balaban J connectivity index is 1.46. The summed E-state index contributed by atoms with van der Waals surface area (Å²) in [5.74, 6) is 0.483. The first-order valence-electron chi connectivity index (χ1n) is 8.34. The second kappa shape index (κ2) is 5.22. The van der Waals surface area contributed by atoms with E-state index in [9.17, 15) is 14.7 Å². The monoisotopic (exact) mass is 315 g/mol. The molecule has 6 nitrogen and oxygen atoms in total. The molecule has 2 heterocycles. The van der Waals surface area contributed by atoms with Crippen LogP contribution in [-0.4, -0.2) is 40.1 Å². The Kier molecular flexibility index (Phi) is 3.28. The molecule has 1 saturated heterocycles. The molecule has 1 aromatic rings. The van der Waals surface area contributed by atoms with Gasteiger partial charge in [-0.2, -0.15) is 0 Å². The minimum atomic E-state index is -0.760. The van der Waals surface area contributed by atoms with Gasteiger partial charge >= 0.3 is 12.0 Å². The van der Waals surface area contributed by atoms with Gasteiger partial charge in [0.15, 0.2) is 0 Å². The highest BCUT2D eigenvalue weighted by molar-refractivity contribution is 5.89. The van der Waals surface area contributed by atoms with Gasteiger partial charge in [0.05, 0.1) is 5.41 Å². The Morgan fingerprint density at radius 3 is 2.87 bits per heavy atom. The van der Waals surface area contributed by atoms with Crippen LogP contribution in [0.2, 0.25) is 0 Å². The van der Waals surface area contributed by atoms with E-state index in [1.807, 2.05) is 12.1 Å². The van der Waals surface area contributed by atoms with E-state index < -0.39 is 11.4 Å². The summed E-state index contributed by atoms with van der Waals surface area (Å²) >= 11 is 0. The normalized spacial score (nSPS) is 29.4. The van der Waals surface area contributed by atoms with E-state index in [1.54, 1.807) is 11.1 Å². The predicted molar refractivity (Wildman–Crippen MR) is 84.2 cm³/mol. The molecule has 3 aliphatic rings. The fourth-order valence-electron chi connectivity index (χ4n) is 4.17. The molecular weight excluding hydrogens is 294 g/mol. The molecule has 0 aromatic carbocycles. The Labute approximate surface area is 134 Å². The van der Waals surface area contributed by atoms with Crippen molar-refractivity contribution >= 4 is 17.8 Å². The molecule has 23 heavy (non-hydrogen) atoms. The van der Waals surface area contributed by atoms with Gasteiger partial charge in [0.2, 0.25) is 0 Å². The number of carboxylic acid groups (broad SMARTS) is 1. The lowest BCUT2D eigenvalue weighted by Crippen LogP contribution is -2.38. The number of amides is 2. The first kappa shape index (κ1) is 14.5. The van der Waals surface area contributed by atoms with Crippen LogP contribution in [0.15, 0.2) is 18.3 Å². The molecule has 2 aliphatic carbocycles. The summed E-state index contributed by atoms with van der Waals surface area (Å²) < 4.78 is 0. The molecule has 6 heteroatoms. The third kappa shape index (κ3) is 2.46. The lowest BCUT2D eigenvalue weighted by molar-refractivity contribution is -0.149. The smallest absolute Gasteiger partial charge is 0.323 e. The quantitative estimate of drug-likeness (QED) is 0.898. The number of urea groups is 1. The van der Waals surface area contributed by atoms with Gasteiger partial charge < -0.3 is 10.0 Å². The third-order valence-corrected chi connectivity index (χ3v) is 5.65. The molecule has 2 N–H and O–H groups in total. The summed E-state index contributed by atoms with van der Waals surface area (Å²) in [7, 11) is 0. The molecule has 4 rings (SSSR count). The molecule has 122 valence electrons. The van der Waals surface area contributed by atoms with Gasteiger partial charge in [-0.3, -0.25) is 10.1 Å². The van der Waals surface area contributed by atoms with Crippen LogP contribution in [0.25, 0.3) is 0 Å². The van der Waals surface area contributed by atoms with Gasteiger partial charge in [0.25, 0.3) is 0 Å². The van der Waals surface area contributed by atoms with E-state index in [-0.39, 0.29) is 11.9 Å². The number of carbonyl (C=O) groups excluding carboxylic acids is 1. The molecule has 0 radical (unpaired) electrons. The molecule has 0 spiro atoms. The maximum absolute atomic E-state index is 12.5. The number of anilines is 1. The fourth-order valence-corrected chi connectivity index (χ4v) is 4.17. The van der Waals surface area contributed by atoms with Crippen LogP contribution in [0.5, 0.6) is 0 Å². The number of aliphatic carboxylic acids is 1. The first-order chi connectivity index (χ1) is 11.1. The number of fused-ring (bicyclic) bond motifs is 1. The van der Waals surface area contributed by atoms with Crippen LogP contribution in [0.1, 0.15) is 43.6 Å². The Morgan fingerprint density at radius 1 is 1.35 bits per heavy atom. The fraction of sp³-hybridized carbons (Fsp3) is 0.588. The number of hydrogen-bond acceptors (Lipinski definition) is 3. The Bertz CT molecular complexity index is 658. The van der Waals surface area contributed by atoms with Crippen molar-refractivity contribution in [1.82, 2.24) is 9.88 Å². The number of aromatic nitrogens is 1. The molecule has 3 fully saturated rings. The number of pyridine rings is 1. The zero-order valence-electron chi connectivity index (χ0n) is 13.0. The highest BCUT2D eigenvalue weighted by Crippen LogP contribution is 2.49. The van der Waals surface area contributed by atoms with Gasteiger partial charge in [-0.1, -0.05) is 6.42 Å². The summed E-state index contributed by atoms with van der Waals surface area (Å²) in [5.41, 5.74) is 0.483. The molecular formula is C17H21N3O3. The lowest BCUT2D eigenvalue weighted by atomic mass is 9.81. The number of nitrogens with one attached hydrogen (secondary N) is 1. The summed E-state index contributed by atoms with van der Waals surface area (Å²) in [5, 5.41) is 12.4. The van der Waals surface area contributed by atoms with Crippen LogP contribution in [0.4, 0.5) is 10.6 Å². The average Bonchev–Trinajstić information content (AvgIpc) is 3.18. The maximum Gasteiger partial charge on any atom is 0.323 e. The summed E-state index contributed by atoms with van der Waals surface area (Å²) in [6.45, 7) is 0.835. The molecule has 1 aromatic heterocycles. The standard InChI is InChI=1S/C17H21N3O3/c21-15(22)17-6-1-2-13(17)9-20(10-17)16(23)19-14-8-12(5-7-18-14)11-3-4-11/h5,7-8,11,13H,1-4,6,9-10H2,(H,21,22)(H,18,19,23)/t13-,17+/m0/s1. The minimum Gasteiger partial charge on any atom is -0.481 e. The van der Waals surface area contributed by atoms with Crippen molar-refractivity contribution < 1.29 is 14.7 Å². The van der Waals surface area contributed by atoms with Crippen LogP contribution >= 0.6 is 0 Å². The molecule has 1 aliphatic heterocycles. The van der Waals surface area contributed by atoms with Crippen LogP contribution in [0, 0.1) is 11.3 Å². The summed E-state index contributed by atoms with van der Waals surface area (Å²) in [6, 6.07) is 3.69. The average molecular weight is 315 g/mol. The van der Waals surface area contributed by atoms with Gasteiger partial charge in [-0.25, -0.2) is 9.78 Å². The lowest BCUT2D eigenvalue weighted by Gasteiger charge is -2.23. The van der Waals surface area contributed by atoms with Crippen molar-refractivity contribution in [2.24, 2.45) is 11.3 Å². The highest BCUT2D eigenvalue weighted by Gasteiger charge is 2.55. The zero-order chi connectivity index (χ0) is 16.0. The SMILES string of the molecule is O=C(Nc1cc(C2CC2)ccn1)N1C[C@@H]2CCC[C@@]2(C(=O)O)C1. The largest absolute Gasteiger partial charge is 0.481 e. The third-order valence-electron chi connectivity index (χ3n) is 5.65. The maximum atomic E-state index is 12.5. The molecule has 2 amide bonds. The van der Waals surface area contributed by atoms with Gasteiger partial charge in [0.1, 0.15) is 5.82 Å². The number of rotatable bonds is 3. The Morgan fingerprint density at radius 2 is 2.17 bits per heavy atom. The van der Waals surface area contributed by atoms with Crippen molar-refractivity contribution in [3.05, 3.63) is 23.9 Å². The second-order valence-corrected chi connectivity index (χ2v) is 7.11. The van der Waals surface area contributed by atoms with Gasteiger partial charge in [0, 0.05) is 19.3 Å². The van der Waals surface area contributed by atoms with Crippen molar-refractivity contribution in [3.63, 3.8) is 0 Å². The molecule has 2 atom stereocenters. The van der Waals surface area contributed by atoms with E-state index >= 15 is 0 Å².